The number of fused-ring (bicyclic) bond motifs is 1. The number of nitrogens with one attached hydrogen (secondary N) is 1. The zero-order chi connectivity index (χ0) is 18.4. The van der Waals surface area contributed by atoms with E-state index in [1.165, 1.54) is 18.7 Å². The molecule has 7 heteroatoms. The predicted molar refractivity (Wildman–Crippen MR) is 97.4 cm³/mol. The first kappa shape index (κ1) is 18.3. The van der Waals surface area contributed by atoms with Gasteiger partial charge in [-0.3, -0.25) is 19.1 Å². The van der Waals surface area contributed by atoms with Crippen molar-refractivity contribution in [1.29, 1.82) is 0 Å². The highest BCUT2D eigenvalue weighted by molar-refractivity contribution is 5.77. The third-order valence-corrected chi connectivity index (χ3v) is 4.35. The molecular weight excluding hydrogens is 332 g/mol. The van der Waals surface area contributed by atoms with Crippen molar-refractivity contribution in [2.45, 2.75) is 32.6 Å². The van der Waals surface area contributed by atoms with Crippen molar-refractivity contribution in [2.24, 2.45) is 0 Å². The first-order chi connectivity index (χ1) is 12.7. The first-order valence-electron chi connectivity index (χ1n) is 8.77. The number of carbonyl (C=O) groups excluding carboxylic acids is 1. The van der Waals surface area contributed by atoms with Gasteiger partial charge in [0.05, 0.1) is 18.8 Å². The van der Waals surface area contributed by atoms with Crippen LogP contribution in [0.4, 0.5) is 0 Å². The van der Waals surface area contributed by atoms with Gasteiger partial charge in [0.15, 0.2) is 0 Å². The minimum absolute atomic E-state index is 0.00518. The molecule has 1 aromatic carbocycles. The molecule has 7 nitrogen and oxygen atoms in total. The van der Waals surface area contributed by atoms with Gasteiger partial charge in [0.1, 0.15) is 12.4 Å². The van der Waals surface area contributed by atoms with E-state index in [0.717, 1.165) is 25.3 Å². The summed E-state index contributed by atoms with van der Waals surface area (Å²) in [7, 11) is 1.47. The van der Waals surface area contributed by atoms with Crippen molar-refractivity contribution in [3.05, 3.63) is 63.8 Å². The van der Waals surface area contributed by atoms with Crippen LogP contribution in [0.2, 0.25) is 0 Å². The van der Waals surface area contributed by atoms with E-state index in [2.05, 4.69) is 27.3 Å². The Balaban J connectivity index is 1.74. The second kappa shape index (κ2) is 8.73. The summed E-state index contributed by atoms with van der Waals surface area (Å²) in [6, 6.07) is 11.8. The summed E-state index contributed by atoms with van der Waals surface area (Å²) in [5.41, 5.74) is 1.76. The second-order valence-electron chi connectivity index (χ2n) is 6.41. The molecule has 0 atom stereocenters. The highest BCUT2D eigenvalue weighted by atomic mass is 16.5. The summed E-state index contributed by atoms with van der Waals surface area (Å²) >= 11 is 0. The van der Waals surface area contributed by atoms with Crippen LogP contribution in [0, 0.1) is 0 Å². The monoisotopic (exact) mass is 356 g/mol. The van der Waals surface area contributed by atoms with Crippen molar-refractivity contribution in [1.82, 2.24) is 19.8 Å². The van der Waals surface area contributed by atoms with Crippen molar-refractivity contribution >= 4 is 5.91 Å². The van der Waals surface area contributed by atoms with Crippen LogP contribution in [0.1, 0.15) is 23.5 Å². The van der Waals surface area contributed by atoms with Gasteiger partial charge in [0, 0.05) is 32.8 Å². The summed E-state index contributed by atoms with van der Waals surface area (Å²) in [6.07, 6.45) is 0.908. The molecule has 2 heterocycles. The molecular formula is C19H24N4O3. The van der Waals surface area contributed by atoms with E-state index in [0.29, 0.717) is 18.8 Å². The van der Waals surface area contributed by atoms with E-state index in [1.807, 2.05) is 18.2 Å². The molecule has 1 aliphatic heterocycles. The molecule has 0 saturated carbocycles. The quantitative estimate of drug-likeness (QED) is 0.833. The van der Waals surface area contributed by atoms with Crippen LogP contribution in [0.25, 0.3) is 0 Å². The van der Waals surface area contributed by atoms with Gasteiger partial charge in [-0.15, -0.1) is 0 Å². The lowest BCUT2D eigenvalue weighted by molar-refractivity contribution is -0.124. The number of aromatic nitrogens is 2. The van der Waals surface area contributed by atoms with E-state index in [9.17, 15) is 9.59 Å². The highest BCUT2D eigenvalue weighted by Gasteiger charge is 2.17. The average Bonchev–Trinajstić information content (AvgIpc) is 2.83. The van der Waals surface area contributed by atoms with Crippen LogP contribution < -0.4 is 10.9 Å². The van der Waals surface area contributed by atoms with Crippen LogP contribution in [0.5, 0.6) is 0 Å². The van der Waals surface area contributed by atoms with Gasteiger partial charge in [-0.2, -0.15) is 0 Å². The maximum Gasteiger partial charge on any atom is 0.253 e. The van der Waals surface area contributed by atoms with Gasteiger partial charge >= 0.3 is 0 Å². The summed E-state index contributed by atoms with van der Waals surface area (Å²) in [5, 5.41) is 2.71. The largest absolute Gasteiger partial charge is 0.375 e. The Morgan fingerprint density at radius 3 is 2.85 bits per heavy atom. The van der Waals surface area contributed by atoms with E-state index in [4.69, 9.17) is 4.74 Å². The molecule has 0 radical (unpaired) electrons. The van der Waals surface area contributed by atoms with Gasteiger partial charge in [-0.05, 0) is 12.0 Å². The fourth-order valence-corrected chi connectivity index (χ4v) is 3.14. The van der Waals surface area contributed by atoms with Crippen molar-refractivity contribution in [3.63, 3.8) is 0 Å². The van der Waals surface area contributed by atoms with Gasteiger partial charge in [-0.25, -0.2) is 4.98 Å². The lowest BCUT2D eigenvalue weighted by atomic mass is 10.2. The van der Waals surface area contributed by atoms with Crippen molar-refractivity contribution < 1.29 is 9.53 Å². The molecule has 1 N–H and O–H groups in total. The van der Waals surface area contributed by atoms with Crippen LogP contribution in [-0.2, 0) is 35.7 Å². The minimum Gasteiger partial charge on any atom is -0.375 e. The number of amides is 1. The second-order valence-corrected chi connectivity index (χ2v) is 6.41. The molecule has 2 aromatic rings. The standard InChI is InChI=1S/C19H24N4O3/c1-26-14-18(24)20-11-16-10-19(25)23-9-5-8-22(13-17(23)21-16)12-15-6-3-2-4-7-15/h2-4,6-7,10H,5,8-9,11-14H2,1H3,(H,20,24). The van der Waals surface area contributed by atoms with Crippen molar-refractivity contribution in [3.8, 4) is 0 Å². The Kier molecular flexibility index (Phi) is 6.14. The van der Waals surface area contributed by atoms with Gasteiger partial charge in [-0.1, -0.05) is 30.3 Å². The number of hydrogen-bond donors (Lipinski definition) is 1. The number of carbonyl (C=O) groups is 1. The summed E-state index contributed by atoms with van der Waals surface area (Å²) < 4.78 is 6.53. The number of methoxy groups -OCH3 is 1. The molecule has 1 aliphatic rings. The Morgan fingerprint density at radius 1 is 1.27 bits per heavy atom. The third kappa shape index (κ3) is 4.77. The molecule has 0 aliphatic carbocycles. The number of benzene rings is 1. The van der Waals surface area contributed by atoms with E-state index in [1.54, 1.807) is 4.57 Å². The highest BCUT2D eigenvalue weighted by Crippen LogP contribution is 2.13. The van der Waals surface area contributed by atoms with Gasteiger partial charge < -0.3 is 10.1 Å². The number of ether oxygens (including phenoxy) is 1. The molecule has 26 heavy (non-hydrogen) atoms. The zero-order valence-electron chi connectivity index (χ0n) is 15.0. The molecule has 0 fully saturated rings. The predicted octanol–water partition coefficient (Wildman–Crippen LogP) is 0.912. The lowest BCUT2D eigenvalue weighted by Gasteiger charge is -2.19. The van der Waals surface area contributed by atoms with Crippen LogP contribution in [0.3, 0.4) is 0 Å². The Labute approximate surface area is 152 Å². The van der Waals surface area contributed by atoms with Crippen LogP contribution in [0.15, 0.2) is 41.2 Å². The molecule has 0 saturated heterocycles. The fraction of sp³-hybridized carbons (Fsp3) is 0.421. The summed E-state index contributed by atoms with van der Waals surface area (Å²) in [5.74, 6) is 0.525. The summed E-state index contributed by atoms with van der Waals surface area (Å²) in [4.78, 5) is 30.9. The molecule has 3 rings (SSSR count). The average molecular weight is 356 g/mol. The lowest BCUT2D eigenvalue weighted by Crippen LogP contribution is -2.31. The fourth-order valence-electron chi connectivity index (χ4n) is 3.14. The summed E-state index contributed by atoms with van der Waals surface area (Å²) in [6.45, 7) is 3.24. The van der Waals surface area contributed by atoms with E-state index < -0.39 is 0 Å². The maximum atomic E-state index is 12.4. The van der Waals surface area contributed by atoms with Crippen LogP contribution >= 0.6 is 0 Å². The van der Waals surface area contributed by atoms with Gasteiger partial charge in [0.25, 0.3) is 5.56 Å². The SMILES string of the molecule is COCC(=O)NCc1cc(=O)n2c(n1)CN(Cc1ccccc1)CCC2. The zero-order valence-corrected chi connectivity index (χ0v) is 15.0. The molecule has 1 amide bonds. The molecule has 0 spiro atoms. The van der Waals surface area contributed by atoms with Crippen LogP contribution in [-0.4, -0.2) is 40.6 Å². The van der Waals surface area contributed by atoms with E-state index in [-0.39, 0.29) is 24.6 Å². The van der Waals surface area contributed by atoms with E-state index >= 15 is 0 Å². The number of rotatable bonds is 6. The Morgan fingerprint density at radius 2 is 2.08 bits per heavy atom. The van der Waals surface area contributed by atoms with Gasteiger partial charge in [0.2, 0.25) is 5.91 Å². The van der Waals surface area contributed by atoms with Crippen molar-refractivity contribution in [2.75, 3.05) is 20.3 Å². The Hall–Kier alpha value is -2.51. The molecule has 0 bridgehead atoms. The molecule has 0 unspecified atom stereocenters. The number of nitrogens with zero attached hydrogens (tertiary/aromatic N) is 3. The third-order valence-electron chi connectivity index (χ3n) is 4.35. The molecule has 1 aromatic heterocycles. The maximum absolute atomic E-state index is 12.4. The smallest absolute Gasteiger partial charge is 0.253 e. The topological polar surface area (TPSA) is 76.5 Å². The normalized spacial score (nSPS) is 14.5. The number of hydrogen-bond acceptors (Lipinski definition) is 5. The first-order valence-corrected chi connectivity index (χ1v) is 8.77. The Bertz CT molecular complexity index is 804. The molecule has 138 valence electrons. The minimum atomic E-state index is -0.227.